The number of aromatic amines is 1. The molecule has 0 aliphatic rings. The molecule has 1 aromatic heterocycles. The van der Waals surface area contributed by atoms with Crippen LogP contribution in [0.1, 0.15) is 6.92 Å². The average molecular weight is 261 g/mol. The molecule has 102 valence electrons. The zero-order valence-electron chi connectivity index (χ0n) is 11.4. The summed E-state index contributed by atoms with van der Waals surface area (Å²) >= 11 is 0. The lowest BCUT2D eigenvalue weighted by Gasteiger charge is -2.20. The van der Waals surface area contributed by atoms with Crippen LogP contribution in [0.2, 0.25) is 0 Å². The topological polar surface area (TPSA) is 87.0 Å². The number of nitrogens with zero attached hydrogens (tertiary/aromatic N) is 2. The van der Waals surface area contributed by atoms with Crippen LogP contribution in [0.25, 0.3) is 10.9 Å². The maximum absolute atomic E-state index is 11.9. The van der Waals surface area contributed by atoms with Crippen LogP contribution < -0.4 is 16.6 Å². The fourth-order valence-corrected chi connectivity index (χ4v) is 1.67. The third-order valence-corrected chi connectivity index (χ3v) is 3.18. The molecule has 0 radical (unpaired) electrons. The number of fused-ring (bicyclic) bond motifs is 1. The third kappa shape index (κ3) is 3.03. The number of benzene rings is 1. The molecule has 0 saturated heterocycles. The Balaban J connectivity index is 2.26. The summed E-state index contributed by atoms with van der Waals surface area (Å²) in [7, 11) is 4.01. The summed E-state index contributed by atoms with van der Waals surface area (Å²) in [6, 6.07) is 5.46. The van der Waals surface area contributed by atoms with Crippen LogP contribution in [0, 0.1) is 0 Å². The van der Waals surface area contributed by atoms with Gasteiger partial charge in [0.05, 0.1) is 10.9 Å². The quantitative estimate of drug-likeness (QED) is 0.711. The molecule has 6 heteroatoms. The molecule has 0 bridgehead atoms. The molecule has 19 heavy (non-hydrogen) atoms. The second-order valence-corrected chi connectivity index (χ2v) is 4.88. The summed E-state index contributed by atoms with van der Waals surface area (Å²) in [5.41, 5.74) is 6.67. The number of H-pyrrole nitrogens is 1. The van der Waals surface area contributed by atoms with Crippen molar-refractivity contribution >= 4 is 22.5 Å². The van der Waals surface area contributed by atoms with E-state index in [1.807, 2.05) is 14.1 Å². The van der Waals surface area contributed by atoms with Crippen molar-refractivity contribution in [1.29, 1.82) is 0 Å². The number of hydrogen-bond donors (Lipinski definition) is 3. The average Bonchev–Trinajstić information content (AvgIpc) is 2.36. The Kier molecular flexibility index (Phi) is 3.71. The summed E-state index contributed by atoms with van der Waals surface area (Å²) in [4.78, 5) is 21.1. The van der Waals surface area contributed by atoms with E-state index in [4.69, 9.17) is 5.73 Å². The Morgan fingerprint density at radius 3 is 2.89 bits per heavy atom. The lowest BCUT2D eigenvalue weighted by molar-refractivity contribution is 0.326. The summed E-state index contributed by atoms with van der Waals surface area (Å²) < 4.78 is 0. The van der Waals surface area contributed by atoms with E-state index in [0.717, 1.165) is 0 Å². The molecule has 0 spiro atoms. The molecule has 2 aromatic rings. The SMILES string of the molecule is CC(CNc1nc2ccc(N)cc2c(=O)[nH]1)N(C)C. The molecule has 0 aliphatic heterocycles. The van der Waals surface area contributed by atoms with E-state index in [2.05, 4.69) is 27.1 Å². The Morgan fingerprint density at radius 1 is 1.47 bits per heavy atom. The van der Waals surface area contributed by atoms with Crippen molar-refractivity contribution in [3.8, 4) is 0 Å². The first-order valence-corrected chi connectivity index (χ1v) is 6.17. The number of aromatic nitrogens is 2. The van der Waals surface area contributed by atoms with E-state index >= 15 is 0 Å². The standard InChI is InChI=1S/C13H19N5O/c1-8(18(2)3)7-15-13-16-11-5-4-9(14)6-10(11)12(19)17-13/h4-6,8H,7,14H2,1-3H3,(H2,15,16,17,19). The first-order chi connectivity index (χ1) is 8.97. The minimum atomic E-state index is -0.183. The molecular weight excluding hydrogens is 242 g/mol. The van der Waals surface area contributed by atoms with Crippen molar-refractivity contribution in [2.45, 2.75) is 13.0 Å². The van der Waals surface area contributed by atoms with E-state index in [-0.39, 0.29) is 5.56 Å². The fourth-order valence-electron chi connectivity index (χ4n) is 1.67. The van der Waals surface area contributed by atoms with Gasteiger partial charge in [-0.05, 0) is 39.2 Å². The van der Waals surface area contributed by atoms with Crippen molar-refractivity contribution in [2.75, 3.05) is 31.7 Å². The lowest BCUT2D eigenvalue weighted by atomic mass is 10.2. The Morgan fingerprint density at radius 2 is 2.21 bits per heavy atom. The van der Waals surface area contributed by atoms with Gasteiger partial charge in [-0.1, -0.05) is 0 Å². The van der Waals surface area contributed by atoms with Gasteiger partial charge in [0.2, 0.25) is 5.95 Å². The third-order valence-electron chi connectivity index (χ3n) is 3.18. The van der Waals surface area contributed by atoms with Crippen LogP contribution in [-0.2, 0) is 0 Å². The van der Waals surface area contributed by atoms with Crippen molar-refractivity contribution in [2.24, 2.45) is 0 Å². The molecule has 4 N–H and O–H groups in total. The molecule has 1 unspecified atom stereocenters. The summed E-state index contributed by atoms with van der Waals surface area (Å²) in [6.45, 7) is 2.79. The zero-order chi connectivity index (χ0) is 14.0. The van der Waals surface area contributed by atoms with Gasteiger partial charge in [0.25, 0.3) is 5.56 Å². The fraction of sp³-hybridized carbons (Fsp3) is 0.385. The minimum Gasteiger partial charge on any atom is -0.399 e. The number of likely N-dealkylation sites (N-methyl/N-ethyl adjacent to an activating group) is 1. The van der Waals surface area contributed by atoms with E-state index in [1.54, 1.807) is 18.2 Å². The van der Waals surface area contributed by atoms with Gasteiger partial charge in [0.15, 0.2) is 0 Å². The molecule has 1 atom stereocenters. The largest absolute Gasteiger partial charge is 0.399 e. The van der Waals surface area contributed by atoms with Gasteiger partial charge in [-0.3, -0.25) is 9.78 Å². The summed E-state index contributed by atoms with van der Waals surface area (Å²) in [5, 5.41) is 3.64. The Labute approximate surface area is 111 Å². The minimum absolute atomic E-state index is 0.183. The maximum atomic E-state index is 11.9. The number of nitrogen functional groups attached to an aromatic ring is 1. The highest BCUT2D eigenvalue weighted by Gasteiger charge is 2.07. The first kappa shape index (κ1) is 13.4. The second-order valence-electron chi connectivity index (χ2n) is 4.88. The van der Waals surface area contributed by atoms with Gasteiger partial charge < -0.3 is 16.0 Å². The van der Waals surface area contributed by atoms with Gasteiger partial charge in [-0.2, -0.15) is 0 Å². The lowest BCUT2D eigenvalue weighted by Crippen LogP contribution is -2.32. The Bertz CT molecular complexity index is 634. The molecule has 0 aliphatic carbocycles. The zero-order valence-corrected chi connectivity index (χ0v) is 11.4. The second kappa shape index (κ2) is 5.27. The molecule has 1 heterocycles. The highest BCUT2D eigenvalue weighted by Crippen LogP contribution is 2.12. The van der Waals surface area contributed by atoms with Gasteiger partial charge in [0.1, 0.15) is 0 Å². The molecule has 0 fully saturated rings. The van der Waals surface area contributed by atoms with Crippen LogP contribution in [0.5, 0.6) is 0 Å². The number of nitrogens with one attached hydrogen (secondary N) is 2. The molecule has 2 rings (SSSR count). The van der Waals surface area contributed by atoms with Gasteiger partial charge in [-0.25, -0.2) is 4.98 Å². The van der Waals surface area contributed by atoms with Crippen molar-refractivity contribution in [3.63, 3.8) is 0 Å². The number of anilines is 2. The maximum Gasteiger partial charge on any atom is 0.260 e. The number of hydrogen-bond acceptors (Lipinski definition) is 5. The van der Waals surface area contributed by atoms with Crippen LogP contribution >= 0.6 is 0 Å². The van der Waals surface area contributed by atoms with Crippen molar-refractivity contribution in [1.82, 2.24) is 14.9 Å². The van der Waals surface area contributed by atoms with E-state index in [0.29, 0.717) is 35.1 Å². The Hall–Kier alpha value is -2.08. The van der Waals surface area contributed by atoms with Crippen LogP contribution in [0.3, 0.4) is 0 Å². The van der Waals surface area contributed by atoms with E-state index in [1.165, 1.54) is 0 Å². The predicted octanol–water partition coefficient (Wildman–Crippen LogP) is 0.867. The molecule has 6 nitrogen and oxygen atoms in total. The van der Waals surface area contributed by atoms with E-state index < -0.39 is 0 Å². The molecule has 0 saturated carbocycles. The molecule has 1 aromatic carbocycles. The normalized spacial score (nSPS) is 12.8. The molecule has 0 amide bonds. The number of nitrogens with two attached hydrogens (primary N) is 1. The van der Waals surface area contributed by atoms with Gasteiger partial charge in [0, 0.05) is 18.3 Å². The molecular formula is C13H19N5O. The smallest absolute Gasteiger partial charge is 0.260 e. The highest BCUT2D eigenvalue weighted by molar-refractivity contribution is 5.81. The monoisotopic (exact) mass is 261 g/mol. The van der Waals surface area contributed by atoms with E-state index in [9.17, 15) is 4.79 Å². The van der Waals surface area contributed by atoms with Crippen molar-refractivity contribution < 1.29 is 0 Å². The summed E-state index contributed by atoms with van der Waals surface area (Å²) in [5.74, 6) is 0.482. The first-order valence-electron chi connectivity index (χ1n) is 6.17. The highest BCUT2D eigenvalue weighted by atomic mass is 16.1. The van der Waals surface area contributed by atoms with Crippen molar-refractivity contribution in [3.05, 3.63) is 28.6 Å². The number of rotatable bonds is 4. The van der Waals surface area contributed by atoms with Crippen LogP contribution in [0.4, 0.5) is 11.6 Å². The summed E-state index contributed by atoms with van der Waals surface area (Å²) in [6.07, 6.45) is 0. The van der Waals surface area contributed by atoms with Gasteiger partial charge in [-0.15, -0.1) is 0 Å². The van der Waals surface area contributed by atoms with Crippen LogP contribution in [0.15, 0.2) is 23.0 Å². The van der Waals surface area contributed by atoms with Gasteiger partial charge >= 0.3 is 0 Å². The predicted molar refractivity (Wildman–Crippen MR) is 78.4 cm³/mol. The van der Waals surface area contributed by atoms with Crippen LogP contribution in [-0.4, -0.2) is 41.5 Å².